The maximum absolute atomic E-state index is 13.2. The van der Waals surface area contributed by atoms with E-state index in [4.69, 9.17) is 4.74 Å². The van der Waals surface area contributed by atoms with Gasteiger partial charge in [0.05, 0.1) is 6.54 Å². The lowest BCUT2D eigenvalue weighted by molar-refractivity contribution is 0.325. The average molecular weight is 531 g/mol. The number of pyridine rings is 1. The van der Waals surface area contributed by atoms with E-state index in [1.54, 1.807) is 0 Å². The zero-order valence-corrected chi connectivity index (χ0v) is 19.3. The summed E-state index contributed by atoms with van der Waals surface area (Å²) in [6.07, 6.45) is 3.80. The first kappa shape index (κ1) is 24.1. The molecule has 2 heterocycles. The van der Waals surface area contributed by atoms with E-state index in [1.807, 2.05) is 31.3 Å². The molecular formula is C21H28F2IN5O. The highest BCUT2D eigenvalue weighted by Gasteiger charge is 2.20. The van der Waals surface area contributed by atoms with Crippen LogP contribution in [0.2, 0.25) is 0 Å². The number of hydrogen-bond donors (Lipinski definition) is 2. The van der Waals surface area contributed by atoms with Crippen molar-refractivity contribution in [2.75, 3.05) is 37.7 Å². The molecule has 1 aliphatic heterocycles. The molecule has 1 aromatic carbocycles. The summed E-state index contributed by atoms with van der Waals surface area (Å²) in [5.74, 6) is 0.235. The van der Waals surface area contributed by atoms with E-state index in [1.165, 1.54) is 6.07 Å². The van der Waals surface area contributed by atoms with Gasteiger partial charge in [-0.2, -0.15) is 0 Å². The van der Waals surface area contributed by atoms with Crippen molar-refractivity contribution in [3.63, 3.8) is 0 Å². The van der Waals surface area contributed by atoms with Gasteiger partial charge >= 0.3 is 0 Å². The second-order valence-corrected chi connectivity index (χ2v) is 6.78. The van der Waals surface area contributed by atoms with Crippen molar-refractivity contribution >= 4 is 35.8 Å². The minimum Gasteiger partial charge on any atom is -0.492 e. The molecule has 2 N–H and O–H groups in total. The Morgan fingerprint density at radius 3 is 2.67 bits per heavy atom. The number of halogens is 3. The van der Waals surface area contributed by atoms with Crippen LogP contribution in [0.1, 0.15) is 19.8 Å². The lowest BCUT2D eigenvalue weighted by Crippen LogP contribution is -2.49. The molecule has 164 valence electrons. The lowest BCUT2D eigenvalue weighted by atomic mass is 10.1. The molecule has 1 aromatic heterocycles. The number of anilines is 1. The number of piperidine rings is 1. The van der Waals surface area contributed by atoms with Crippen molar-refractivity contribution in [2.45, 2.75) is 25.8 Å². The van der Waals surface area contributed by atoms with E-state index in [2.05, 4.69) is 25.5 Å². The number of nitrogens with one attached hydrogen (secondary N) is 2. The molecule has 0 amide bonds. The van der Waals surface area contributed by atoms with Crippen molar-refractivity contribution in [1.82, 2.24) is 15.6 Å². The summed E-state index contributed by atoms with van der Waals surface area (Å²) >= 11 is 0. The Kier molecular flexibility index (Phi) is 10.0. The molecule has 0 spiro atoms. The normalized spacial score (nSPS) is 14.8. The third-order valence-corrected chi connectivity index (χ3v) is 4.67. The summed E-state index contributed by atoms with van der Waals surface area (Å²) < 4.78 is 31.6. The Bertz CT molecular complexity index is 801. The number of ether oxygens (including phenoxy) is 1. The Morgan fingerprint density at radius 2 is 2.00 bits per heavy atom. The Morgan fingerprint density at radius 1 is 1.20 bits per heavy atom. The standard InChI is InChI=1S/C21H27F2N5O.HI/c1-2-24-21(26-11-14-29-17-6-7-18(22)19(23)15-17)27-16-8-12-28(13-9-16)20-5-3-4-10-25-20;/h3-7,10,15-16H,2,8-9,11-14H2,1H3,(H2,24,26,27);1H. The van der Waals surface area contributed by atoms with Crippen LogP contribution in [0.15, 0.2) is 47.6 Å². The Hall–Kier alpha value is -2.17. The topological polar surface area (TPSA) is 61.8 Å². The largest absolute Gasteiger partial charge is 0.492 e. The summed E-state index contributed by atoms with van der Waals surface area (Å²) in [5.41, 5.74) is 0. The van der Waals surface area contributed by atoms with Crippen LogP contribution in [0.3, 0.4) is 0 Å². The van der Waals surface area contributed by atoms with Crippen LogP contribution >= 0.6 is 24.0 Å². The first-order valence-corrected chi connectivity index (χ1v) is 9.94. The summed E-state index contributed by atoms with van der Waals surface area (Å²) in [5, 5.41) is 6.71. The fourth-order valence-electron chi connectivity index (χ4n) is 3.19. The second-order valence-electron chi connectivity index (χ2n) is 6.78. The number of hydrogen-bond acceptors (Lipinski definition) is 4. The molecule has 1 aliphatic rings. The van der Waals surface area contributed by atoms with E-state index >= 15 is 0 Å². The lowest BCUT2D eigenvalue weighted by Gasteiger charge is -2.33. The van der Waals surface area contributed by atoms with Crippen LogP contribution < -0.4 is 20.3 Å². The molecule has 0 aliphatic carbocycles. The van der Waals surface area contributed by atoms with Crippen molar-refractivity contribution in [3.05, 3.63) is 54.2 Å². The fraction of sp³-hybridized carbons (Fsp3) is 0.429. The molecule has 1 fully saturated rings. The molecule has 3 rings (SSSR count). The number of nitrogens with zero attached hydrogens (tertiary/aromatic N) is 3. The number of rotatable bonds is 7. The van der Waals surface area contributed by atoms with Crippen molar-refractivity contribution < 1.29 is 13.5 Å². The molecule has 1 saturated heterocycles. The zero-order valence-electron chi connectivity index (χ0n) is 17.0. The summed E-state index contributed by atoms with van der Waals surface area (Å²) in [7, 11) is 0. The molecular weight excluding hydrogens is 503 g/mol. The predicted molar refractivity (Wildman–Crippen MR) is 126 cm³/mol. The summed E-state index contributed by atoms with van der Waals surface area (Å²) in [6, 6.07) is 9.79. The van der Waals surface area contributed by atoms with Crippen molar-refractivity contribution in [1.29, 1.82) is 0 Å². The molecule has 30 heavy (non-hydrogen) atoms. The van der Waals surface area contributed by atoms with Crippen LogP contribution in [-0.4, -0.2) is 49.8 Å². The van der Waals surface area contributed by atoms with E-state index in [0.29, 0.717) is 18.3 Å². The monoisotopic (exact) mass is 531 g/mol. The minimum atomic E-state index is -0.918. The molecule has 2 aromatic rings. The third-order valence-electron chi connectivity index (χ3n) is 4.67. The van der Waals surface area contributed by atoms with Crippen LogP contribution in [0.5, 0.6) is 5.75 Å². The van der Waals surface area contributed by atoms with Crippen LogP contribution in [-0.2, 0) is 0 Å². The Balaban J connectivity index is 0.00000320. The smallest absolute Gasteiger partial charge is 0.191 e. The van der Waals surface area contributed by atoms with Crippen LogP contribution in [0.4, 0.5) is 14.6 Å². The van der Waals surface area contributed by atoms with Gasteiger partial charge in [0.25, 0.3) is 0 Å². The number of aliphatic imine (C=N–C) groups is 1. The highest BCUT2D eigenvalue weighted by atomic mass is 127. The first-order chi connectivity index (χ1) is 14.2. The molecule has 0 radical (unpaired) electrons. The van der Waals surface area contributed by atoms with Crippen molar-refractivity contribution in [2.24, 2.45) is 4.99 Å². The van der Waals surface area contributed by atoms with E-state index in [9.17, 15) is 8.78 Å². The molecule has 9 heteroatoms. The summed E-state index contributed by atoms with van der Waals surface area (Å²) in [6.45, 7) is 5.32. The van der Waals surface area contributed by atoms with Gasteiger partial charge in [0, 0.05) is 37.9 Å². The van der Waals surface area contributed by atoms with Gasteiger partial charge in [-0.3, -0.25) is 0 Å². The van der Waals surface area contributed by atoms with E-state index in [-0.39, 0.29) is 30.6 Å². The molecule has 0 saturated carbocycles. The molecule has 0 bridgehead atoms. The first-order valence-electron chi connectivity index (χ1n) is 9.94. The van der Waals surface area contributed by atoms with E-state index < -0.39 is 11.6 Å². The minimum absolute atomic E-state index is 0. The number of aromatic nitrogens is 1. The van der Waals surface area contributed by atoms with Gasteiger partial charge in [-0.25, -0.2) is 18.8 Å². The third kappa shape index (κ3) is 7.26. The van der Waals surface area contributed by atoms with Crippen molar-refractivity contribution in [3.8, 4) is 5.75 Å². The van der Waals surface area contributed by atoms with Gasteiger partial charge in [-0.15, -0.1) is 24.0 Å². The SMILES string of the molecule is CCNC(=NCCOc1ccc(F)c(F)c1)NC1CCN(c2ccccn2)CC1.I. The predicted octanol–water partition coefficient (Wildman–Crippen LogP) is 3.58. The maximum Gasteiger partial charge on any atom is 0.191 e. The zero-order chi connectivity index (χ0) is 20.5. The molecule has 6 nitrogen and oxygen atoms in total. The van der Waals surface area contributed by atoms with Gasteiger partial charge in [-0.05, 0) is 44.0 Å². The molecule has 0 unspecified atom stereocenters. The van der Waals surface area contributed by atoms with Gasteiger partial charge in [-0.1, -0.05) is 6.07 Å². The molecule has 0 atom stereocenters. The Labute approximate surface area is 193 Å². The second kappa shape index (κ2) is 12.5. The summed E-state index contributed by atoms with van der Waals surface area (Å²) in [4.78, 5) is 11.2. The highest BCUT2D eigenvalue weighted by Crippen LogP contribution is 2.17. The van der Waals surface area contributed by atoms with E-state index in [0.717, 1.165) is 56.4 Å². The highest BCUT2D eigenvalue weighted by molar-refractivity contribution is 14.0. The average Bonchev–Trinajstić information content (AvgIpc) is 2.75. The van der Waals surface area contributed by atoms with Gasteiger partial charge < -0.3 is 20.3 Å². The van der Waals surface area contributed by atoms with Gasteiger partial charge in [0.15, 0.2) is 17.6 Å². The van der Waals surface area contributed by atoms with Gasteiger partial charge in [0.2, 0.25) is 0 Å². The maximum atomic E-state index is 13.2. The number of guanidine groups is 1. The number of benzene rings is 1. The van der Waals surface area contributed by atoms with Crippen LogP contribution in [0.25, 0.3) is 0 Å². The van der Waals surface area contributed by atoms with Crippen LogP contribution in [0, 0.1) is 11.6 Å². The van der Waals surface area contributed by atoms with Gasteiger partial charge in [0.1, 0.15) is 18.2 Å². The quantitative estimate of drug-likeness (QED) is 0.248. The fourth-order valence-corrected chi connectivity index (χ4v) is 3.19.